The monoisotopic (exact) mass is 237 g/mol. The van der Waals surface area contributed by atoms with Crippen LogP contribution in [0.1, 0.15) is 25.8 Å². The van der Waals surface area contributed by atoms with Gasteiger partial charge in [0.25, 0.3) is 0 Å². The third-order valence-electron chi connectivity index (χ3n) is 2.83. The highest BCUT2D eigenvalue weighted by molar-refractivity contribution is 7.99. The molecule has 2 atom stereocenters. The molecule has 0 aliphatic rings. The highest BCUT2D eigenvalue weighted by Gasteiger charge is 2.04. The molecule has 0 saturated carbocycles. The summed E-state index contributed by atoms with van der Waals surface area (Å²) in [5, 5.41) is 4.34. The third-order valence-corrected chi connectivity index (χ3v) is 3.87. The summed E-state index contributed by atoms with van der Waals surface area (Å²) in [6.45, 7) is 5.67. The lowest BCUT2D eigenvalue weighted by Crippen LogP contribution is -2.30. The van der Waals surface area contributed by atoms with E-state index in [0.29, 0.717) is 6.04 Å². The van der Waals surface area contributed by atoms with E-state index in [1.54, 1.807) is 0 Å². The van der Waals surface area contributed by atoms with Crippen molar-refractivity contribution < 1.29 is 0 Å². The maximum Gasteiger partial charge on any atom is 0.00791 e. The van der Waals surface area contributed by atoms with Crippen LogP contribution in [0.3, 0.4) is 0 Å². The molecule has 0 radical (unpaired) electrons. The summed E-state index contributed by atoms with van der Waals surface area (Å²) in [7, 11) is 0. The first kappa shape index (κ1) is 13.6. The molecular weight excluding hydrogens is 214 g/mol. The summed E-state index contributed by atoms with van der Waals surface area (Å²) in [5.41, 5.74) is 1.42. The van der Waals surface area contributed by atoms with E-state index in [1.807, 2.05) is 11.8 Å². The molecule has 1 aromatic carbocycles. The van der Waals surface area contributed by atoms with Crippen molar-refractivity contribution in [1.29, 1.82) is 0 Å². The molecule has 0 saturated heterocycles. The normalized spacial score (nSPS) is 14.7. The van der Waals surface area contributed by atoms with Crippen molar-refractivity contribution in [2.24, 2.45) is 0 Å². The van der Waals surface area contributed by atoms with Gasteiger partial charge < -0.3 is 5.32 Å². The minimum atomic E-state index is 0.566. The zero-order valence-electron chi connectivity index (χ0n) is 10.6. The van der Waals surface area contributed by atoms with E-state index in [-0.39, 0.29) is 0 Å². The number of thioether (sulfide) groups is 1. The zero-order valence-corrected chi connectivity index (χ0v) is 11.4. The molecule has 16 heavy (non-hydrogen) atoms. The lowest BCUT2D eigenvalue weighted by atomic mass is 10.1. The van der Waals surface area contributed by atoms with Gasteiger partial charge in [0.2, 0.25) is 0 Å². The Balaban J connectivity index is 2.19. The largest absolute Gasteiger partial charge is 0.314 e. The number of nitrogens with one attached hydrogen (secondary N) is 1. The molecule has 0 bridgehead atoms. The van der Waals surface area contributed by atoms with Crippen LogP contribution in [0, 0.1) is 0 Å². The van der Waals surface area contributed by atoms with Gasteiger partial charge in [-0.05, 0) is 38.1 Å². The number of hydrogen-bond acceptors (Lipinski definition) is 2. The van der Waals surface area contributed by atoms with E-state index in [2.05, 4.69) is 55.8 Å². The van der Waals surface area contributed by atoms with Gasteiger partial charge in [-0.25, -0.2) is 0 Å². The molecule has 0 aliphatic heterocycles. The van der Waals surface area contributed by atoms with Gasteiger partial charge in [-0.15, -0.1) is 0 Å². The first-order valence-electron chi connectivity index (χ1n) is 6.02. The Bertz CT molecular complexity index is 273. The van der Waals surface area contributed by atoms with Gasteiger partial charge in [-0.3, -0.25) is 0 Å². The zero-order chi connectivity index (χ0) is 11.8. The molecule has 0 fully saturated rings. The molecule has 2 unspecified atom stereocenters. The number of benzene rings is 1. The van der Waals surface area contributed by atoms with Crippen molar-refractivity contribution in [2.75, 3.05) is 12.8 Å². The summed E-state index contributed by atoms with van der Waals surface area (Å²) in [5.74, 6) is 0. The molecular formula is C14H23NS. The SMILES string of the molecule is CSC(C)CCNC(C)Cc1ccccc1. The highest BCUT2D eigenvalue weighted by atomic mass is 32.2. The Labute approximate surface area is 104 Å². The van der Waals surface area contributed by atoms with Gasteiger partial charge in [-0.2, -0.15) is 11.8 Å². The van der Waals surface area contributed by atoms with Gasteiger partial charge in [-0.1, -0.05) is 37.3 Å². The maximum absolute atomic E-state index is 3.58. The van der Waals surface area contributed by atoms with Crippen LogP contribution in [0.4, 0.5) is 0 Å². The first-order chi connectivity index (χ1) is 7.72. The van der Waals surface area contributed by atoms with Gasteiger partial charge in [0.05, 0.1) is 0 Å². The van der Waals surface area contributed by atoms with Crippen molar-refractivity contribution in [3.63, 3.8) is 0 Å². The smallest absolute Gasteiger partial charge is 0.00791 e. The fraction of sp³-hybridized carbons (Fsp3) is 0.571. The molecule has 1 N–H and O–H groups in total. The second-order valence-corrected chi connectivity index (χ2v) is 5.66. The van der Waals surface area contributed by atoms with Gasteiger partial charge in [0.15, 0.2) is 0 Å². The minimum Gasteiger partial charge on any atom is -0.314 e. The van der Waals surface area contributed by atoms with E-state index in [1.165, 1.54) is 12.0 Å². The van der Waals surface area contributed by atoms with Crippen LogP contribution in [-0.2, 0) is 6.42 Å². The third kappa shape index (κ3) is 5.57. The van der Waals surface area contributed by atoms with Crippen LogP contribution in [0.5, 0.6) is 0 Å². The molecule has 0 heterocycles. The molecule has 90 valence electrons. The molecule has 2 heteroatoms. The Hall–Kier alpha value is -0.470. The molecule has 0 spiro atoms. The topological polar surface area (TPSA) is 12.0 Å². The van der Waals surface area contributed by atoms with Crippen molar-refractivity contribution in [2.45, 2.75) is 38.0 Å². The summed E-state index contributed by atoms with van der Waals surface area (Å²) in [4.78, 5) is 0. The average molecular weight is 237 g/mol. The van der Waals surface area contributed by atoms with Crippen molar-refractivity contribution in [3.8, 4) is 0 Å². The van der Waals surface area contributed by atoms with Crippen LogP contribution in [-0.4, -0.2) is 24.1 Å². The van der Waals surface area contributed by atoms with Gasteiger partial charge in [0, 0.05) is 11.3 Å². The summed E-state index contributed by atoms with van der Waals surface area (Å²) >= 11 is 1.94. The molecule has 1 nitrogen and oxygen atoms in total. The fourth-order valence-corrected chi connectivity index (χ4v) is 2.04. The van der Waals surface area contributed by atoms with E-state index in [4.69, 9.17) is 0 Å². The predicted octanol–water partition coefficient (Wildman–Crippen LogP) is 3.35. The van der Waals surface area contributed by atoms with E-state index in [9.17, 15) is 0 Å². The predicted molar refractivity (Wildman–Crippen MR) is 75.2 cm³/mol. The lowest BCUT2D eigenvalue weighted by Gasteiger charge is -2.15. The summed E-state index contributed by atoms with van der Waals surface area (Å²) < 4.78 is 0. The Morgan fingerprint density at radius 3 is 2.50 bits per heavy atom. The minimum absolute atomic E-state index is 0.566. The Kier molecular flexibility index (Phi) is 6.58. The highest BCUT2D eigenvalue weighted by Crippen LogP contribution is 2.08. The molecule has 0 amide bonds. The standard InChI is InChI=1S/C14H23NS/c1-12(15-10-9-13(2)16-3)11-14-7-5-4-6-8-14/h4-8,12-13,15H,9-11H2,1-3H3. The van der Waals surface area contributed by atoms with Crippen LogP contribution >= 0.6 is 11.8 Å². The second kappa shape index (κ2) is 7.75. The quantitative estimate of drug-likeness (QED) is 0.780. The Morgan fingerprint density at radius 1 is 1.19 bits per heavy atom. The number of rotatable bonds is 7. The summed E-state index contributed by atoms with van der Waals surface area (Å²) in [6, 6.07) is 11.2. The molecule has 1 rings (SSSR count). The number of hydrogen-bond donors (Lipinski definition) is 1. The van der Waals surface area contributed by atoms with Crippen molar-refractivity contribution >= 4 is 11.8 Å². The van der Waals surface area contributed by atoms with E-state index >= 15 is 0 Å². The van der Waals surface area contributed by atoms with Crippen LogP contribution in [0.2, 0.25) is 0 Å². The molecule has 1 aromatic rings. The van der Waals surface area contributed by atoms with Crippen LogP contribution in [0.15, 0.2) is 30.3 Å². The van der Waals surface area contributed by atoms with E-state index in [0.717, 1.165) is 18.2 Å². The lowest BCUT2D eigenvalue weighted by molar-refractivity contribution is 0.534. The van der Waals surface area contributed by atoms with Gasteiger partial charge >= 0.3 is 0 Å². The van der Waals surface area contributed by atoms with Gasteiger partial charge in [0.1, 0.15) is 0 Å². The first-order valence-corrected chi connectivity index (χ1v) is 7.31. The Morgan fingerprint density at radius 2 is 1.88 bits per heavy atom. The molecule has 0 aromatic heterocycles. The summed E-state index contributed by atoms with van der Waals surface area (Å²) in [6.07, 6.45) is 4.55. The van der Waals surface area contributed by atoms with Crippen LogP contribution in [0.25, 0.3) is 0 Å². The van der Waals surface area contributed by atoms with E-state index < -0.39 is 0 Å². The fourth-order valence-electron chi connectivity index (χ4n) is 1.69. The molecule has 0 aliphatic carbocycles. The second-order valence-electron chi connectivity index (χ2n) is 4.38. The van der Waals surface area contributed by atoms with Crippen LogP contribution < -0.4 is 5.32 Å². The van der Waals surface area contributed by atoms with Crippen molar-refractivity contribution in [1.82, 2.24) is 5.32 Å². The van der Waals surface area contributed by atoms with Crippen molar-refractivity contribution in [3.05, 3.63) is 35.9 Å². The average Bonchev–Trinajstić information content (AvgIpc) is 2.30. The maximum atomic E-state index is 3.58.